The van der Waals surface area contributed by atoms with Gasteiger partial charge in [0.2, 0.25) is 5.91 Å². The van der Waals surface area contributed by atoms with E-state index in [0.717, 1.165) is 30.6 Å². The molecule has 0 spiro atoms. The zero-order valence-electron chi connectivity index (χ0n) is 18.0. The molecule has 5 nitrogen and oxygen atoms in total. The molecule has 3 aromatic rings. The summed E-state index contributed by atoms with van der Waals surface area (Å²) in [4.78, 5) is 27.1. The number of carbonyl (C=O) groups is 2. The van der Waals surface area contributed by atoms with Gasteiger partial charge in [-0.3, -0.25) is 9.59 Å². The van der Waals surface area contributed by atoms with E-state index in [-0.39, 0.29) is 23.8 Å². The van der Waals surface area contributed by atoms with Gasteiger partial charge in [0.05, 0.1) is 6.54 Å². The third kappa shape index (κ3) is 4.11. The first kappa shape index (κ1) is 20.3. The summed E-state index contributed by atoms with van der Waals surface area (Å²) in [7, 11) is 0. The third-order valence-electron chi connectivity index (χ3n) is 6.58. The molecule has 1 saturated carbocycles. The number of hydrogen-bond acceptors (Lipinski definition) is 3. The van der Waals surface area contributed by atoms with Crippen molar-refractivity contribution in [2.45, 2.75) is 24.7 Å². The highest BCUT2D eigenvalue weighted by atomic mass is 16.2. The van der Waals surface area contributed by atoms with Crippen LogP contribution in [0.15, 0.2) is 78.9 Å². The summed E-state index contributed by atoms with van der Waals surface area (Å²) in [5.41, 5.74) is 5.09. The van der Waals surface area contributed by atoms with Gasteiger partial charge in [-0.15, -0.1) is 0 Å². The van der Waals surface area contributed by atoms with Crippen molar-refractivity contribution in [1.82, 2.24) is 5.32 Å². The highest BCUT2D eigenvalue weighted by Gasteiger charge is 2.44. The van der Waals surface area contributed by atoms with E-state index in [4.69, 9.17) is 0 Å². The fraction of sp³-hybridized carbons (Fsp3) is 0.259. The average molecular weight is 426 g/mol. The molecule has 0 bridgehead atoms. The smallest absolute Gasteiger partial charge is 0.258 e. The molecule has 5 rings (SSSR count). The molecule has 162 valence electrons. The van der Waals surface area contributed by atoms with Crippen LogP contribution in [-0.4, -0.2) is 31.4 Å². The number of rotatable bonds is 7. The van der Waals surface area contributed by atoms with Crippen LogP contribution in [0.1, 0.15) is 34.3 Å². The summed E-state index contributed by atoms with van der Waals surface area (Å²) >= 11 is 0. The molecule has 2 amide bonds. The Kier molecular flexibility index (Phi) is 5.39. The van der Waals surface area contributed by atoms with Gasteiger partial charge in [0, 0.05) is 35.4 Å². The largest absolute Gasteiger partial charge is 0.376 e. The number of benzene rings is 3. The lowest BCUT2D eigenvalue weighted by Gasteiger charge is -2.18. The number of amides is 2. The van der Waals surface area contributed by atoms with Gasteiger partial charge in [0.25, 0.3) is 5.91 Å². The van der Waals surface area contributed by atoms with Crippen LogP contribution in [-0.2, 0) is 16.6 Å². The van der Waals surface area contributed by atoms with Crippen molar-refractivity contribution < 1.29 is 9.59 Å². The summed E-state index contributed by atoms with van der Waals surface area (Å²) in [6.07, 6.45) is 3.12. The topological polar surface area (TPSA) is 61.4 Å². The van der Waals surface area contributed by atoms with Crippen molar-refractivity contribution in [1.29, 1.82) is 0 Å². The van der Waals surface area contributed by atoms with E-state index in [1.165, 1.54) is 11.1 Å². The Morgan fingerprint density at radius 2 is 1.59 bits per heavy atom. The summed E-state index contributed by atoms with van der Waals surface area (Å²) in [6.45, 7) is 1.59. The van der Waals surface area contributed by atoms with Gasteiger partial charge in [-0.2, -0.15) is 0 Å². The lowest BCUT2D eigenvalue weighted by molar-refractivity contribution is -0.119. The summed E-state index contributed by atoms with van der Waals surface area (Å²) in [5, 5.41) is 6.22. The van der Waals surface area contributed by atoms with E-state index < -0.39 is 0 Å². The molecular formula is C27H27N3O2. The van der Waals surface area contributed by atoms with E-state index in [9.17, 15) is 9.59 Å². The van der Waals surface area contributed by atoms with Crippen LogP contribution < -0.4 is 15.5 Å². The van der Waals surface area contributed by atoms with Crippen LogP contribution in [0.5, 0.6) is 0 Å². The van der Waals surface area contributed by atoms with Gasteiger partial charge in [-0.1, -0.05) is 48.5 Å². The van der Waals surface area contributed by atoms with Crippen LogP contribution in [0.25, 0.3) is 0 Å². The van der Waals surface area contributed by atoms with E-state index in [1.54, 1.807) is 0 Å². The van der Waals surface area contributed by atoms with Crippen LogP contribution in [0.2, 0.25) is 0 Å². The summed E-state index contributed by atoms with van der Waals surface area (Å²) in [6, 6.07) is 25.8. The van der Waals surface area contributed by atoms with Crippen molar-refractivity contribution >= 4 is 23.2 Å². The molecule has 1 fully saturated rings. The first-order valence-corrected chi connectivity index (χ1v) is 11.2. The van der Waals surface area contributed by atoms with Gasteiger partial charge in [0.15, 0.2) is 0 Å². The maximum Gasteiger partial charge on any atom is 0.258 e. The SMILES string of the molecule is O=C(CNc1ccc(C(=O)N2CCc3ccccc32)cc1)NCC1(c2ccccc2)CC1. The molecule has 0 aromatic heterocycles. The van der Waals surface area contributed by atoms with Gasteiger partial charge in [-0.05, 0) is 60.7 Å². The van der Waals surface area contributed by atoms with Gasteiger partial charge in [-0.25, -0.2) is 0 Å². The zero-order valence-corrected chi connectivity index (χ0v) is 18.0. The van der Waals surface area contributed by atoms with E-state index in [0.29, 0.717) is 18.7 Å². The number of carbonyl (C=O) groups excluding carboxylic acids is 2. The fourth-order valence-corrected chi connectivity index (χ4v) is 4.46. The number of nitrogens with zero attached hydrogens (tertiary/aromatic N) is 1. The molecule has 2 N–H and O–H groups in total. The lowest BCUT2D eigenvalue weighted by Crippen LogP contribution is -2.36. The van der Waals surface area contributed by atoms with Crippen molar-refractivity contribution in [2.24, 2.45) is 0 Å². The van der Waals surface area contributed by atoms with Crippen molar-refractivity contribution in [3.63, 3.8) is 0 Å². The normalized spacial score (nSPS) is 15.7. The molecule has 2 aliphatic rings. The Hall–Kier alpha value is -3.60. The second kappa shape index (κ2) is 8.50. The molecule has 1 aliphatic carbocycles. The van der Waals surface area contributed by atoms with Gasteiger partial charge >= 0.3 is 0 Å². The summed E-state index contributed by atoms with van der Waals surface area (Å²) < 4.78 is 0. The zero-order chi connectivity index (χ0) is 22.0. The molecular weight excluding hydrogens is 398 g/mol. The standard InChI is InChI=1S/C27H27N3O2/c31-25(29-19-27(15-16-27)22-7-2-1-3-8-22)18-28-23-12-10-21(11-13-23)26(32)30-17-14-20-6-4-5-9-24(20)30/h1-13,28H,14-19H2,(H,29,31). The second-order valence-electron chi connectivity index (χ2n) is 8.69. The minimum absolute atomic E-state index is 0.00915. The second-order valence-corrected chi connectivity index (χ2v) is 8.69. The van der Waals surface area contributed by atoms with Crippen LogP contribution in [0.3, 0.4) is 0 Å². The molecule has 0 unspecified atom stereocenters. The number of anilines is 2. The molecule has 1 aliphatic heterocycles. The maximum atomic E-state index is 12.9. The van der Waals surface area contributed by atoms with Crippen molar-refractivity contribution in [2.75, 3.05) is 29.9 Å². The molecule has 0 saturated heterocycles. The Balaban J connectivity index is 1.13. The van der Waals surface area contributed by atoms with Crippen molar-refractivity contribution in [3.05, 3.63) is 95.6 Å². The number of para-hydroxylation sites is 1. The quantitative estimate of drug-likeness (QED) is 0.598. The van der Waals surface area contributed by atoms with Gasteiger partial charge in [0.1, 0.15) is 0 Å². The van der Waals surface area contributed by atoms with Crippen molar-refractivity contribution in [3.8, 4) is 0 Å². The minimum Gasteiger partial charge on any atom is -0.376 e. The predicted octanol–water partition coefficient (Wildman–Crippen LogP) is 4.15. The fourth-order valence-electron chi connectivity index (χ4n) is 4.46. The third-order valence-corrected chi connectivity index (χ3v) is 6.58. The predicted molar refractivity (Wildman–Crippen MR) is 127 cm³/mol. The molecule has 0 atom stereocenters. The summed E-state index contributed by atoms with van der Waals surface area (Å²) in [5.74, 6) is -0.0177. The minimum atomic E-state index is -0.0268. The van der Waals surface area contributed by atoms with E-state index >= 15 is 0 Å². The number of hydrogen-bond donors (Lipinski definition) is 2. The van der Waals surface area contributed by atoms with E-state index in [1.807, 2.05) is 53.4 Å². The van der Waals surface area contributed by atoms with Gasteiger partial charge < -0.3 is 15.5 Å². The highest BCUT2D eigenvalue weighted by molar-refractivity contribution is 6.07. The Labute approximate surface area is 188 Å². The lowest BCUT2D eigenvalue weighted by atomic mass is 9.96. The monoisotopic (exact) mass is 425 g/mol. The highest BCUT2D eigenvalue weighted by Crippen LogP contribution is 2.47. The number of fused-ring (bicyclic) bond motifs is 1. The molecule has 3 aromatic carbocycles. The van der Waals surface area contributed by atoms with Crippen LogP contribution in [0.4, 0.5) is 11.4 Å². The van der Waals surface area contributed by atoms with Crippen LogP contribution >= 0.6 is 0 Å². The Bertz CT molecular complexity index is 1120. The Morgan fingerprint density at radius 3 is 2.34 bits per heavy atom. The number of nitrogens with one attached hydrogen (secondary N) is 2. The molecule has 5 heteroatoms. The average Bonchev–Trinajstić information content (AvgIpc) is 3.53. The first-order chi connectivity index (χ1) is 15.6. The molecule has 1 heterocycles. The molecule has 0 radical (unpaired) electrons. The molecule has 32 heavy (non-hydrogen) atoms. The van der Waals surface area contributed by atoms with Crippen LogP contribution in [0, 0.1) is 0 Å². The van der Waals surface area contributed by atoms with E-state index in [2.05, 4.69) is 41.0 Å². The first-order valence-electron chi connectivity index (χ1n) is 11.2. The Morgan fingerprint density at radius 1 is 0.875 bits per heavy atom. The maximum absolute atomic E-state index is 12.9.